The highest BCUT2D eigenvalue weighted by Crippen LogP contribution is 1.85. The van der Waals surface area contributed by atoms with Crippen LogP contribution in [-0.4, -0.2) is 32.2 Å². The van der Waals surface area contributed by atoms with Crippen LogP contribution in [-0.2, 0) is 0 Å². The summed E-state index contributed by atoms with van der Waals surface area (Å²) in [4.78, 5) is 21.6. The van der Waals surface area contributed by atoms with Crippen molar-refractivity contribution >= 4 is 11.8 Å². The largest absolute Gasteiger partial charge is 0.306 e. The van der Waals surface area contributed by atoms with E-state index in [1.54, 1.807) is 10.9 Å². The number of nitrogens with two attached hydrogens (primary N) is 2. The first-order valence-electron chi connectivity index (χ1n) is 3.28. The molecular weight excluding hydrogens is 192 g/mol. The number of hydrogen-bond acceptors (Lipinski definition) is 8. The standard InChI is InChI=1S/C4H6N8O2/c5-7-3(13)1-9-11-2(12-10-1)4(14)8-6/h5-6H2,(H,7,13)(H,8,14). The Labute approximate surface area is 77.0 Å². The van der Waals surface area contributed by atoms with Gasteiger partial charge in [0.15, 0.2) is 0 Å². The molecule has 0 unspecified atom stereocenters. The lowest BCUT2D eigenvalue weighted by atomic mass is 10.6. The van der Waals surface area contributed by atoms with Crippen molar-refractivity contribution in [3.8, 4) is 0 Å². The second kappa shape index (κ2) is 4.15. The molecule has 0 saturated heterocycles. The molecule has 14 heavy (non-hydrogen) atoms. The third-order valence-corrected chi connectivity index (χ3v) is 1.15. The minimum Gasteiger partial charge on any atom is -0.287 e. The maximum absolute atomic E-state index is 10.8. The van der Waals surface area contributed by atoms with Gasteiger partial charge < -0.3 is 0 Å². The number of rotatable bonds is 2. The van der Waals surface area contributed by atoms with Crippen molar-refractivity contribution in [3.05, 3.63) is 11.6 Å². The number of amides is 2. The molecule has 0 bridgehead atoms. The van der Waals surface area contributed by atoms with E-state index in [0.29, 0.717) is 0 Å². The number of hydrogen-bond donors (Lipinski definition) is 4. The molecule has 1 heterocycles. The summed E-state index contributed by atoms with van der Waals surface area (Å²) in [5.41, 5.74) is 3.55. The fraction of sp³-hybridized carbons (Fsp3) is 0. The average molecular weight is 198 g/mol. The van der Waals surface area contributed by atoms with Gasteiger partial charge in [-0.3, -0.25) is 20.4 Å². The van der Waals surface area contributed by atoms with E-state index >= 15 is 0 Å². The summed E-state index contributed by atoms with van der Waals surface area (Å²) in [7, 11) is 0. The van der Waals surface area contributed by atoms with Crippen LogP contribution in [0.2, 0.25) is 0 Å². The number of nitrogens with zero attached hydrogens (tertiary/aromatic N) is 4. The van der Waals surface area contributed by atoms with Crippen molar-refractivity contribution in [2.75, 3.05) is 0 Å². The van der Waals surface area contributed by atoms with E-state index in [1.165, 1.54) is 0 Å². The zero-order valence-corrected chi connectivity index (χ0v) is 6.76. The van der Waals surface area contributed by atoms with Gasteiger partial charge in [0.05, 0.1) is 0 Å². The highest BCUT2D eigenvalue weighted by atomic mass is 16.2. The topological polar surface area (TPSA) is 162 Å². The van der Waals surface area contributed by atoms with Gasteiger partial charge >= 0.3 is 11.8 Å². The molecule has 10 heteroatoms. The molecule has 0 atom stereocenters. The molecule has 10 nitrogen and oxygen atoms in total. The van der Waals surface area contributed by atoms with Crippen LogP contribution >= 0.6 is 0 Å². The van der Waals surface area contributed by atoms with E-state index < -0.39 is 11.8 Å². The van der Waals surface area contributed by atoms with Crippen molar-refractivity contribution < 1.29 is 9.59 Å². The first-order chi connectivity index (χ1) is 6.69. The summed E-state index contributed by atoms with van der Waals surface area (Å²) < 4.78 is 0. The van der Waals surface area contributed by atoms with Crippen molar-refractivity contribution in [1.29, 1.82) is 0 Å². The first-order valence-corrected chi connectivity index (χ1v) is 3.28. The summed E-state index contributed by atoms with van der Waals surface area (Å²) >= 11 is 0. The number of carbonyl (C=O) groups is 2. The molecule has 6 N–H and O–H groups in total. The molecule has 0 aliphatic heterocycles. The minimum atomic E-state index is -0.760. The lowest BCUT2D eigenvalue weighted by molar-refractivity contribution is 0.0920. The van der Waals surface area contributed by atoms with Gasteiger partial charge in [-0.25, -0.2) is 11.7 Å². The van der Waals surface area contributed by atoms with Gasteiger partial charge in [-0.15, -0.1) is 20.4 Å². The van der Waals surface area contributed by atoms with Gasteiger partial charge in [-0.2, -0.15) is 0 Å². The molecule has 0 aliphatic rings. The number of nitrogens with one attached hydrogen (secondary N) is 2. The van der Waals surface area contributed by atoms with E-state index in [0.717, 1.165) is 0 Å². The van der Waals surface area contributed by atoms with Crippen LogP contribution in [0.3, 0.4) is 0 Å². The predicted octanol–water partition coefficient (Wildman–Crippen LogP) is -3.53. The van der Waals surface area contributed by atoms with Gasteiger partial charge in [0.1, 0.15) is 0 Å². The fourth-order valence-electron chi connectivity index (χ4n) is 0.540. The Bertz CT molecular complexity index is 312. The zero-order chi connectivity index (χ0) is 10.6. The Morgan fingerprint density at radius 3 is 1.36 bits per heavy atom. The summed E-state index contributed by atoms with van der Waals surface area (Å²) in [5.74, 6) is 7.38. The molecule has 1 aromatic heterocycles. The van der Waals surface area contributed by atoms with Crippen molar-refractivity contribution in [2.45, 2.75) is 0 Å². The van der Waals surface area contributed by atoms with Crippen molar-refractivity contribution in [3.63, 3.8) is 0 Å². The van der Waals surface area contributed by atoms with Crippen LogP contribution in [0.25, 0.3) is 0 Å². The van der Waals surface area contributed by atoms with Crippen LogP contribution in [0.5, 0.6) is 0 Å². The van der Waals surface area contributed by atoms with E-state index in [9.17, 15) is 9.59 Å². The summed E-state index contributed by atoms with van der Waals surface area (Å²) in [5, 5.41) is 13.1. The second-order valence-electron chi connectivity index (χ2n) is 1.99. The second-order valence-corrected chi connectivity index (χ2v) is 1.99. The SMILES string of the molecule is NNC(=O)c1nnc(C(=O)NN)nn1. The molecule has 0 fully saturated rings. The molecule has 2 amide bonds. The van der Waals surface area contributed by atoms with Crippen molar-refractivity contribution in [2.24, 2.45) is 11.7 Å². The molecule has 0 saturated carbocycles. The highest BCUT2D eigenvalue weighted by Gasteiger charge is 2.12. The fourth-order valence-corrected chi connectivity index (χ4v) is 0.540. The van der Waals surface area contributed by atoms with E-state index in [4.69, 9.17) is 11.7 Å². The van der Waals surface area contributed by atoms with Crippen LogP contribution < -0.4 is 22.5 Å². The van der Waals surface area contributed by atoms with Gasteiger partial charge in [0.25, 0.3) is 11.6 Å². The quantitative estimate of drug-likeness (QED) is 0.216. The molecular formula is C4H6N8O2. The lowest BCUT2D eigenvalue weighted by Gasteiger charge is -1.97. The Morgan fingerprint density at radius 1 is 0.857 bits per heavy atom. The first kappa shape index (κ1) is 9.88. The van der Waals surface area contributed by atoms with E-state index in [-0.39, 0.29) is 11.6 Å². The normalized spacial score (nSPS) is 9.29. The smallest absolute Gasteiger partial charge is 0.287 e. The number of hydrazine groups is 2. The molecule has 0 aliphatic carbocycles. The molecule has 0 aromatic carbocycles. The Hall–Kier alpha value is -2.20. The van der Waals surface area contributed by atoms with Crippen LogP contribution in [0.15, 0.2) is 0 Å². The molecule has 1 rings (SSSR count). The summed E-state index contributed by atoms with van der Waals surface area (Å²) in [6.07, 6.45) is 0. The lowest BCUT2D eigenvalue weighted by Crippen LogP contribution is -2.34. The Balaban J connectivity index is 2.89. The number of carbonyl (C=O) groups excluding carboxylic acids is 2. The van der Waals surface area contributed by atoms with Crippen LogP contribution in [0.4, 0.5) is 0 Å². The molecule has 1 aromatic rings. The van der Waals surface area contributed by atoms with E-state index in [1.807, 2.05) is 0 Å². The van der Waals surface area contributed by atoms with E-state index in [2.05, 4.69) is 20.4 Å². The highest BCUT2D eigenvalue weighted by molar-refractivity contribution is 5.91. The Kier molecular flexibility index (Phi) is 2.93. The Morgan fingerprint density at radius 2 is 1.14 bits per heavy atom. The zero-order valence-electron chi connectivity index (χ0n) is 6.76. The molecule has 0 radical (unpaired) electrons. The van der Waals surface area contributed by atoms with Crippen LogP contribution in [0, 0.1) is 0 Å². The summed E-state index contributed by atoms with van der Waals surface area (Å²) in [6, 6.07) is 0. The maximum atomic E-state index is 10.8. The van der Waals surface area contributed by atoms with Gasteiger partial charge in [-0.1, -0.05) is 0 Å². The maximum Gasteiger partial charge on any atom is 0.306 e. The number of nitrogen functional groups attached to an aromatic ring is 2. The number of aromatic nitrogens is 4. The average Bonchev–Trinajstić information content (AvgIpc) is 2.27. The van der Waals surface area contributed by atoms with Gasteiger partial charge in [0, 0.05) is 0 Å². The van der Waals surface area contributed by atoms with Gasteiger partial charge in [-0.05, 0) is 0 Å². The van der Waals surface area contributed by atoms with Crippen LogP contribution in [0.1, 0.15) is 21.2 Å². The summed E-state index contributed by atoms with van der Waals surface area (Å²) in [6.45, 7) is 0. The molecule has 0 spiro atoms. The molecule has 74 valence electrons. The third kappa shape index (κ3) is 1.94. The monoisotopic (exact) mass is 198 g/mol. The van der Waals surface area contributed by atoms with Gasteiger partial charge in [0.2, 0.25) is 0 Å². The third-order valence-electron chi connectivity index (χ3n) is 1.15. The van der Waals surface area contributed by atoms with Crippen molar-refractivity contribution in [1.82, 2.24) is 31.2 Å². The predicted molar refractivity (Wildman–Crippen MR) is 40.9 cm³/mol. The minimum absolute atomic E-state index is 0.346.